The molecule has 0 bridgehead atoms. The summed E-state index contributed by atoms with van der Waals surface area (Å²) in [7, 11) is 0. The number of amides is 2. The predicted octanol–water partition coefficient (Wildman–Crippen LogP) is 1.43. The lowest BCUT2D eigenvalue weighted by Crippen LogP contribution is -2.53. The molecule has 1 aromatic rings. The molecule has 1 unspecified atom stereocenters. The lowest BCUT2D eigenvalue weighted by Gasteiger charge is -2.29. The van der Waals surface area contributed by atoms with Gasteiger partial charge in [0.2, 0.25) is 5.91 Å². The average molecular weight is 324 g/mol. The van der Waals surface area contributed by atoms with Crippen LogP contribution >= 0.6 is 11.6 Å². The Bertz CT molecular complexity index is 544. The Morgan fingerprint density at radius 2 is 2.00 bits per heavy atom. The molecular formula is C16H22ClN3O2. The van der Waals surface area contributed by atoms with Crippen LogP contribution in [0, 0.1) is 11.8 Å². The van der Waals surface area contributed by atoms with E-state index in [9.17, 15) is 9.59 Å². The average Bonchev–Trinajstić information content (AvgIpc) is 2.42. The molecule has 2 amide bonds. The Kier molecular flexibility index (Phi) is 5.80. The van der Waals surface area contributed by atoms with Gasteiger partial charge < -0.3 is 16.0 Å². The molecule has 3 N–H and O–H groups in total. The number of rotatable bonds is 6. The first-order valence-corrected chi connectivity index (χ1v) is 7.90. The zero-order chi connectivity index (χ0) is 16.1. The first kappa shape index (κ1) is 16.8. The van der Waals surface area contributed by atoms with Crippen molar-refractivity contribution in [3.05, 3.63) is 34.9 Å². The molecule has 1 aliphatic heterocycles. The topological polar surface area (TPSA) is 70.2 Å². The maximum absolute atomic E-state index is 12.3. The van der Waals surface area contributed by atoms with Crippen molar-refractivity contribution >= 4 is 23.4 Å². The Morgan fingerprint density at radius 1 is 1.32 bits per heavy atom. The van der Waals surface area contributed by atoms with Crippen molar-refractivity contribution in [2.75, 3.05) is 19.6 Å². The maximum atomic E-state index is 12.3. The summed E-state index contributed by atoms with van der Waals surface area (Å²) < 4.78 is 0. The number of nitrogens with one attached hydrogen (secondary N) is 3. The number of halogens is 1. The first-order valence-electron chi connectivity index (χ1n) is 7.53. The van der Waals surface area contributed by atoms with Crippen LogP contribution < -0.4 is 16.0 Å². The third-order valence-electron chi connectivity index (χ3n) is 3.79. The van der Waals surface area contributed by atoms with Crippen LogP contribution in [0.3, 0.4) is 0 Å². The van der Waals surface area contributed by atoms with E-state index in [0.717, 1.165) is 13.1 Å². The molecule has 0 saturated carbocycles. The van der Waals surface area contributed by atoms with Gasteiger partial charge >= 0.3 is 0 Å². The van der Waals surface area contributed by atoms with Gasteiger partial charge in [-0.1, -0.05) is 37.6 Å². The quantitative estimate of drug-likeness (QED) is 0.741. The van der Waals surface area contributed by atoms with Crippen LogP contribution in [-0.2, 0) is 4.79 Å². The van der Waals surface area contributed by atoms with Gasteiger partial charge in [-0.25, -0.2) is 0 Å². The lowest BCUT2D eigenvalue weighted by atomic mass is 10.0. The minimum atomic E-state index is -0.572. The molecule has 1 saturated heterocycles. The van der Waals surface area contributed by atoms with Crippen molar-refractivity contribution in [1.29, 1.82) is 0 Å². The van der Waals surface area contributed by atoms with E-state index in [1.807, 2.05) is 13.8 Å². The normalized spacial score (nSPS) is 16.0. The summed E-state index contributed by atoms with van der Waals surface area (Å²) >= 11 is 6.02. The van der Waals surface area contributed by atoms with Crippen molar-refractivity contribution < 1.29 is 9.59 Å². The minimum absolute atomic E-state index is 0.00838. The highest BCUT2D eigenvalue weighted by Crippen LogP contribution is 2.15. The lowest BCUT2D eigenvalue weighted by molar-refractivity contribution is -0.124. The summed E-state index contributed by atoms with van der Waals surface area (Å²) in [6.07, 6.45) is 0. The van der Waals surface area contributed by atoms with Crippen molar-refractivity contribution in [2.45, 2.75) is 19.9 Å². The number of hydrogen-bond acceptors (Lipinski definition) is 3. The van der Waals surface area contributed by atoms with Gasteiger partial charge in [0.15, 0.2) is 0 Å². The van der Waals surface area contributed by atoms with Crippen molar-refractivity contribution in [3.63, 3.8) is 0 Å². The van der Waals surface area contributed by atoms with Gasteiger partial charge in [0.05, 0.1) is 10.6 Å². The molecule has 1 heterocycles. The molecular weight excluding hydrogens is 302 g/mol. The van der Waals surface area contributed by atoms with E-state index < -0.39 is 6.04 Å². The van der Waals surface area contributed by atoms with Crippen LogP contribution in [0.1, 0.15) is 24.2 Å². The van der Waals surface area contributed by atoms with Gasteiger partial charge in [0, 0.05) is 25.6 Å². The fourth-order valence-electron chi connectivity index (χ4n) is 2.25. The van der Waals surface area contributed by atoms with E-state index in [2.05, 4.69) is 16.0 Å². The van der Waals surface area contributed by atoms with Gasteiger partial charge in [-0.05, 0) is 18.1 Å². The molecule has 1 aliphatic rings. The number of carbonyl (C=O) groups excluding carboxylic acids is 2. The van der Waals surface area contributed by atoms with E-state index in [1.165, 1.54) is 0 Å². The summed E-state index contributed by atoms with van der Waals surface area (Å²) in [5.74, 6) is -0.00551. The van der Waals surface area contributed by atoms with E-state index in [0.29, 0.717) is 23.0 Å². The third-order valence-corrected chi connectivity index (χ3v) is 4.11. The molecule has 5 nitrogen and oxygen atoms in total. The van der Waals surface area contributed by atoms with Crippen LogP contribution in [-0.4, -0.2) is 37.5 Å². The summed E-state index contributed by atoms with van der Waals surface area (Å²) in [4.78, 5) is 24.6. The molecule has 1 aromatic carbocycles. The van der Waals surface area contributed by atoms with E-state index in [1.54, 1.807) is 24.3 Å². The van der Waals surface area contributed by atoms with Crippen molar-refractivity contribution in [2.24, 2.45) is 11.8 Å². The molecule has 22 heavy (non-hydrogen) atoms. The van der Waals surface area contributed by atoms with Crippen LogP contribution in [0.15, 0.2) is 24.3 Å². The van der Waals surface area contributed by atoms with Gasteiger partial charge in [-0.2, -0.15) is 0 Å². The molecule has 2 rings (SSSR count). The van der Waals surface area contributed by atoms with E-state index in [4.69, 9.17) is 11.6 Å². The first-order chi connectivity index (χ1) is 10.5. The monoisotopic (exact) mass is 323 g/mol. The molecule has 0 spiro atoms. The Balaban J connectivity index is 1.97. The van der Waals surface area contributed by atoms with E-state index in [-0.39, 0.29) is 17.7 Å². The summed E-state index contributed by atoms with van der Waals surface area (Å²) in [5.41, 5.74) is 0.380. The summed E-state index contributed by atoms with van der Waals surface area (Å²) in [6, 6.07) is 6.24. The standard InChI is InChI=1S/C16H22ClN3O2/c1-10(2)14(16(22)19-9-11-7-18-8-11)20-15(21)12-5-3-4-6-13(12)17/h3-6,10-11,14,18H,7-9H2,1-2H3,(H,19,22)(H,20,21). The largest absolute Gasteiger partial charge is 0.354 e. The van der Waals surface area contributed by atoms with Crippen LogP contribution in [0.4, 0.5) is 0 Å². The molecule has 0 aromatic heterocycles. The van der Waals surface area contributed by atoms with Gasteiger partial charge in [0.25, 0.3) is 5.91 Å². The fourth-order valence-corrected chi connectivity index (χ4v) is 2.47. The molecule has 0 radical (unpaired) electrons. The molecule has 1 fully saturated rings. The van der Waals surface area contributed by atoms with Gasteiger partial charge in [-0.15, -0.1) is 0 Å². The second-order valence-electron chi connectivity index (χ2n) is 5.94. The van der Waals surface area contributed by atoms with Gasteiger partial charge in [0.1, 0.15) is 6.04 Å². The maximum Gasteiger partial charge on any atom is 0.253 e. The molecule has 6 heteroatoms. The highest BCUT2D eigenvalue weighted by Gasteiger charge is 2.26. The highest BCUT2D eigenvalue weighted by atomic mass is 35.5. The minimum Gasteiger partial charge on any atom is -0.354 e. The second kappa shape index (κ2) is 7.61. The highest BCUT2D eigenvalue weighted by molar-refractivity contribution is 6.33. The third kappa shape index (κ3) is 4.21. The zero-order valence-electron chi connectivity index (χ0n) is 12.9. The zero-order valence-corrected chi connectivity index (χ0v) is 13.6. The van der Waals surface area contributed by atoms with Crippen molar-refractivity contribution in [3.8, 4) is 0 Å². The summed E-state index contributed by atoms with van der Waals surface area (Å²) in [6.45, 7) is 6.30. The molecule has 0 aliphatic carbocycles. The SMILES string of the molecule is CC(C)C(NC(=O)c1ccccc1Cl)C(=O)NCC1CNC1. The Morgan fingerprint density at radius 3 is 2.55 bits per heavy atom. The number of carbonyl (C=O) groups is 2. The fraction of sp³-hybridized carbons (Fsp3) is 0.500. The number of hydrogen-bond donors (Lipinski definition) is 3. The van der Waals surface area contributed by atoms with Crippen molar-refractivity contribution in [1.82, 2.24) is 16.0 Å². The van der Waals surface area contributed by atoms with Crippen LogP contribution in [0.5, 0.6) is 0 Å². The summed E-state index contributed by atoms with van der Waals surface area (Å²) in [5, 5.41) is 9.23. The molecule has 1 atom stereocenters. The Labute approximate surface area is 135 Å². The second-order valence-corrected chi connectivity index (χ2v) is 6.35. The molecule has 120 valence electrons. The van der Waals surface area contributed by atoms with Gasteiger partial charge in [-0.3, -0.25) is 9.59 Å². The van der Waals surface area contributed by atoms with E-state index >= 15 is 0 Å². The number of benzene rings is 1. The Hall–Kier alpha value is -1.59. The predicted molar refractivity (Wildman–Crippen MR) is 86.9 cm³/mol. The van der Waals surface area contributed by atoms with Crippen LogP contribution in [0.2, 0.25) is 5.02 Å². The smallest absolute Gasteiger partial charge is 0.253 e. The van der Waals surface area contributed by atoms with Crippen LogP contribution in [0.25, 0.3) is 0 Å².